The Balaban J connectivity index is 1.81. The van der Waals surface area contributed by atoms with Crippen LogP contribution in [0.15, 0.2) is 47.6 Å². The number of carbonyl (C=O) groups excluding carboxylic acids is 1. The number of nitrogens with zero attached hydrogens (tertiary/aromatic N) is 2. The van der Waals surface area contributed by atoms with Gasteiger partial charge in [-0.3, -0.25) is 4.79 Å². The summed E-state index contributed by atoms with van der Waals surface area (Å²) in [6.45, 7) is 0. The quantitative estimate of drug-likeness (QED) is 0.867. The topological polar surface area (TPSA) is 52.9 Å². The van der Waals surface area contributed by atoms with E-state index in [1.165, 1.54) is 10.6 Å². The van der Waals surface area contributed by atoms with Crippen molar-refractivity contribution in [3.05, 3.63) is 58.6 Å². The SMILES string of the molecule is O=C1CC2CCc3ccc(Cl)cc3C2=NN1c1ccc(O)cc1. The van der Waals surface area contributed by atoms with E-state index in [-0.39, 0.29) is 17.6 Å². The zero-order chi connectivity index (χ0) is 16.0. The second-order valence-electron chi connectivity index (χ2n) is 5.95. The Morgan fingerprint density at radius 3 is 2.74 bits per heavy atom. The number of halogens is 1. The van der Waals surface area contributed by atoms with Gasteiger partial charge in [-0.15, -0.1) is 0 Å². The second kappa shape index (κ2) is 5.39. The van der Waals surface area contributed by atoms with Crippen LogP contribution >= 0.6 is 11.6 Å². The standard InChI is InChI=1S/C18H15ClN2O2/c19-13-4-3-11-1-2-12-9-17(23)21(20-18(12)16(11)10-13)14-5-7-15(22)8-6-14/h3-8,10,12,22H,1-2,9H2. The Hall–Kier alpha value is -2.33. The third kappa shape index (κ3) is 2.49. The first kappa shape index (κ1) is 14.3. The lowest BCUT2D eigenvalue weighted by Crippen LogP contribution is -2.39. The molecule has 2 aromatic rings. The first-order chi connectivity index (χ1) is 11.1. The number of phenols is 1. The van der Waals surface area contributed by atoms with Crippen molar-refractivity contribution in [1.29, 1.82) is 0 Å². The molecule has 1 heterocycles. The van der Waals surface area contributed by atoms with Crippen molar-refractivity contribution in [3.8, 4) is 5.75 Å². The number of rotatable bonds is 1. The molecule has 0 saturated heterocycles. The summed E-state index contributed by atoms with van der Waals surface area (Å²) < 4.78 is 0. The van der Waals surface area contributed by atoms with Gasteiger partial charge in [-0.2, -0.15) is 5.10 Å². The number of aryl methyl sites for hydroxylation is 1. The largest absolute Gasteiger partial charge is 0.508 e. The zero-order valence-electron chi connectivity index (χ0n) is 12.4. The highest BCUT2D eigenvalue weighted by molar-refractivity contribution is 6.31. The molecule has 1 N–H and O–H groups in total. The molecule has 116 valence electrons. The average molecular weight is 327 g/mol. The van der Waals surface area contributed by atoms with E-state index >= 15 is 0 Å². The molecule has 1 aliphatic carbocycles. The third-order valence-electron chi connectivity index (χ3n) is 4.46. The Labute approximate surface area is 139 Å². The maximum absolute atomic E-state index is 12.4. The predicted octanol–water partition coefficient (Wildman–Crippen LogP) is 3.75. The van der Waals surface area contributed by atoms with Crippen molar-refractivity contribution in [2.45, 2.75) is 19.3 Å². The lowest BCUT2D eigenvalue weighted by Gasteiger charge is -2.33. The number of amides is 1. The summed E-state index contributed by atoms with van der Waals surface area (Å²) in [5.41, 5.74) is 3.86. The fourth-order valence-electron chi connectivity index (χ4n) is 3.28. The Morgan fingerprint density at radius 1 is 1.17 bits per heavy atom. The van der Waals surface area contributed by atoms with Gasteiger partial charge in [0.05, 0.1) is 11.4 Å². The molecule has 1 atom stereocenters. The monoisotopic (exact) mass is 326 g/mol. The lowest BCUT2D eigenvalue weighted by molar-refractivity contribution is -0.119. The normalized spacial score (nSPS) is 19.9. The number of aromatic hydroxyl groups is 1. The molecular formula is C18H15ClN2O2. The fraction of sp³-hybridized carbons (Fsp3) is 0.222. The number of fused-ring (bicyclic) bond motifs is 3. The highest BCUT2D eigenvalue weighted by atomic mass is 35.5. The van der Waals surface area contributed by atoms with E-state index in [0.717, 1.165) is 24.1 Å². The molecule has 0 fully saturated rings. The minimum absolute atomic E-state index is 0.0186. The number of hydrogen-bond acceptors (Lipinski definition) is 3. The van der Waals surface area contributed by atoms with Crippen molar-refractivity contribution >= 4 is 28.9 Å². The van der Waals surface area contributed by atoms with Gasteiger partial charge in [-0.05, 0) is 54.8 Å². The van der Waals surface area contributed by atoms with Crippen LogP contribution in [-0.2, 0) is 11.2 Å². The number of hydrogen-bond donors (Lipinski definition) is 1. The van der Waals surface area contributed by atoms with Crippen molar-refractivity contribution in [1.82, 2.24) is 0 Å². The molecule has 0 aromatic heterocycles. The van der Waals surface area contributed by atoms with Crippen molar-refractivity contribution in [2.24, 2.45) is 11.0 Å². The maximum atomic E-state index is 12.4. The molecular weight excluding hydrogens is 312 g/mol. The molecule has 5 heteroatoms. The molecule has 2 aromatic carbocycles. The molecule has 23 heavy (non-hydrogen) atoms. The van der Waals surface area contributed by atoms with E-state index in [4.69, 9.17) is 11.6 Å². The molecule has 4 rings (SSSR count). The first-order valence-corrected chi connectivity index (χ1v) is 7.99. The third-order valence-corrected chi connectivity index (χ3v) is 4.69. The van der Waals surface area contributed by atoms with Crippen LogP contribution in [0.1, 0.15) is 24.0 Å². The summed E-state index contributed by atoms with van der Waals surface area (Å²) in [6, 6.07) is 12.4. The second-order valence-corrected chi connectivity index (χ2v) is 6.38. The van der Waals surface area contributed by atoms with E-state index < -0.39 is 0 Å². The summed E-state index contributed by atoms with van der Waals surface area (Å²) in [7, 11) is 0. The van der Waals surface area contributed by atoms with Gasteiger partial charge in [0.15, 0.2) is 0 Å². The van der Waals surface area contributed by atoms with Crippen LogP contribution in [0.25, 0.3) is 0 Å². The van der Waals surface area contributed by atoms with Gasteiger partial charge in [0, 0.05) is 22.9 Å². The highest BCUT2D eigenvalue weighted by Gasteiger charge is 2.34. The van der Waals surface area contributed by atoms with Gasteiger partial charge in [0.1, 0.15) is 5.75 Å². The average Bonchev–Trinajstić information content (AvgIpc) is 2.55. The van der Waals surface area contributed by atoms with Crippen molar-refractivity contribution < 1.29 is 9.90 Å². The molecule has 2 aliphatic rings. The Morgan fingerprint density at radius 2 is 1.96 bits per heavy atom. The minimum Gasteiger partial charge on any atom is -0.508 e. The van der Waals surface area contributed by atoms with Crippen LogP contribution in [0.4, 0.5) is 5.69 Å². The number of anilines is 1. The smallest absolute Gasteiger partial charge is 0.248 e. The van der Waals surface area contributed by atoms with E-state index in [1.54, 1.807) is 24.3 Å². The number of phenolic OH excluding ortho intramolecular Hbond substituents is 1. The van der Waals surface area contributed by atoms with Crippen molar-refractivity contribution in [3.63, 3.8) is 0 Å². The molecule has 1 unspecified atom stereocenters. The number of hydrazone groups is 1. The zero-order valence-corrected chi connectivity index (χ0v) is 13.1. The molecule has 0 radical (unpaired) electrons. The van der Waals surface area contributed by atoms with Gasteiger partial charge >= 0.3 is 0 Å². The van der Waals surface area contributed by atoms with E-state index in [2.05, 4.69) is 5.10 Å². The molecule has 1 amide bonds. The maximum Gasteiger partial charge on any atom is 0.248 e. The van der Waals surface area contributed by atoms with E-state index in [9.17, 15) is 9.90 Å². The summed E-state index contributed by atoms with van der Waals surface area (Å²) in [5, 5.41) is 16.2. The molecule has 1 aliphatic heterocycles. The van der Waals surface area contributed by atoms with Gasteiger partial charge in [-0.1, -0.05) is 17.7 Å². The summed E-state index contributed by atoms with van der Waals surface area (Å²) in [4.78, 5) is 12.4. The van der Waals surface area contributed by atoms with Crippen molar-refractivity contribution in [2.75, 3.05) is 5.01 Å². The number of benzene rings is 2. The minimum atomic E-state index is -0.0186. The van der Waals surface area contributed by atoms with Crippen LogP contribution < -0.4 is 5.01 Å². The summed E-state index contributed by atoms with van der Waals surface area (Å²) in [5.74, 6) is 0.301. The van der Waals surface area contributed by atoms with E-state index in [1.807, 2.05) is 18.2 Å². The van der Waals surface area contributed by atoms with Gasteiger partial charge in [-0.25, -0.2) is 5.01 Å². The van der Waals surface area contributed by atoms with Gasteiger partial charge in [0.25, 0.3) is 0 Å². The van der Waals surface area contributed by atoms with E-state index in [0.29, 0.717) is 17.1 Å². The van der Waals surface area contributed by atoms with Crippen LogP contribution in [0, 0.1) is 5.92 Å². The Kier molecular flexibility index (Phi) is 3.34. The van der Waals surface area contributed by atoms with Gasteiger partial charge < -0.3 is 5.11 Å². The van der Waals surface area contributed by atoms with Crippen LogP contribution in [0.2, 0.25) is 5.02 Å². The first-order valence-electron chi connectivity index (χ1n) is 7.61. The number of carbonyl (C=O) groups is 1. The molecule has 0 bridgehead atoms. The highest BCUT2D eigenvalue weighted by Crippen LogP contribution is 2.34. The van der Waals surface area contributed by atoms with Crippen LogP contribution in [0.5, 0.6) is 5.75 Å². The summed E-state index contributed by atoms with van der Waals surface area (Å²) in [6.07, 6.45) is 2.33. The predicted molar refractivity (Wildman–Crippen MR) is 90.0 cm³/mol. The molecule has 0 spiro atoms. The molecule has 0 saturated carbocycles. The van der Waals surface area contributed by atoms with Gasteiger partial charge in [0.2, 0.25) is 5.91 Å². The molecule has 4 nitrogen and oxygen atoms in total. The lowest BCUT2D eigenvalue weighted by atomic mass is 9.79. The van der Waals surface area contributed by atoms with Crippen LogP contribution in [0.3, 0.4) is 0 Å². The van der Waals surface area contributed by atoms with Crippen LogP contribution in [-0.4, -0.2) is 16.7 Å². The summed E-state index contributed by atoms with van der Waals surface area (Å²) >= 11 is 6.14. The fourth-order valence-corrected chi connectivity index (χ4v) is 3.45. The Bertz CT molecular complexity index is 814.